The highest BCUT2D eigenvalue weighted by Crippen LogP contribution is 2.30. The molecule has 0 saturated heterocycles. The summed E-state index contributed by atoms with van der Waals surface area (Å²) in [5.41, 5.74) is 3.86. The summed E-state index contributed by atoms with van der Waals surface area (Å²) in [5.74, 6) is 1.19. The van der Waals surface area contributed by atoms with E-state index in [2.05, 4.69) is 30.4 Å². The van der Waals surface area contributed by atoms with Gasteiger partial charge < -0.3 is 10.1 Å². The molecule has 0 fully saturated rings. The number of benzene rings is 2. The van der Waals surface area contributed by atoms with E-state index in [9.17, 15) is 4.39 Å². The zero-order valence-electron chi connectivity index (χ0n) is 15.5. The van der Waals surface area contributed by atoms with Crippen molar-refractivity contribution >= 4 is 12.4 Å². The van der Waals surface area contributed by atoms with Gasteiger partial charge in [0, 0.05) is 12.5 Å². The topological polar surface area (TPSA) is 21.3 Å². The van der Waals surface area contributed by atoms with Gasteiger partial charge in [-0.15, -0.1) is 12.4 Å². The average molecular weight is 378 g/mol. The quantitative estimate of drug-likeness (QED) is 0.701. The maximum atomic E-state index is 13.5. The molecule has 0 aromatic heterocycles. The summed E-state index contributed by atoms with van der Waals surface area (Å²) < 4.78 is 19.7. The van der Waals surface area contributed by atoms with Crippen molar-refractivity contribution in [3.05, 3.63) is 65.0 Å². The minimum atomic E-state index is -0.169. The third-order valence-electron chi connectivity index (χ3n) is 4.92. The first kappa shape index (κ1) is 20.7. The van der Waals surface area contributed by atoms with Gasteiger partial charge in [0.1, 0.15) is 11.6 Å². The van der Waals surface area contributed by atoms with Crippen LogP contribution in [0.15, 0.2) is 42.5 Å². The van der Waals surface area contributed by atoms with Crippen LogP contribution in [0, 0.1) is 11.7 Å². The molecule has 1 N–H and O–H groups in total. The molecular formula is C22H29ClFNO. The molecule has 0 radical (unpaired) electrons. The van der Waals surface area contributed by atoms with Crippen LogP contribution in [0.25, 0.3) is 0 Å². The molecule has 26 heavy (non-hydrogen) atoms. The second kappa shape index (κ2) is 10.5. The summed E-state index contributed by atoms with van der Waals surface area (Å²) in [6, 6.07) is 13.3. The van der Waals surface area contributed by atoms with E-state index in [0.717, 1.165) is 43.7 Å². The normalized spacial score (nSPS) is 14.2. The smallest absolute Gasteiger partial charge is 0.123 e. The van der Waals surface area contributed by atoms with Crippen LogP contribution in [0.1, 0.15) is 36.5 Å². The summed E-state index contributed by atoms with van der Waals surface area (Å²) in [4.78, 5) is 0. The summed E-state index contributed by atoms with van der Waals surface area (Å²) in [6.45, 7) is 4.57. The molecule has 0 aliphatic heterocycles. The molecule has 3 rings (SSSR count). The van der Waals surface area contributed by atoms with Gasteiger partial charge in [-0.3, -0.25) is 0 Å². The number of rotatable bonds is 8. The number of hydrogen-bond acceptors (Lipinski definition) is 2. The lowest BCUT2D eigenvalue weighted by atomic mass is 9.91. The maximum Gasteiger partial charge on any atom is 0.123 e. The number of halogens is 2. The van der Waals surface area contributed by atoms with E-state index in [4.69, 9.17) is 4.74 Å². The van der Waals surface area contributed by atoms with E-state index in [-0.39, 0.29) is 18.2 Å². The minimum absolute atomic E-state index is 0. The second-order valence-corrected chi connectivity index (χ2v) is 6.92. The van der Waals surface area contributed by atoms with Crippen molar-refractivity contribution in [1.29, 1.82) is 0 Å². The highest BCUT2D eigenvalue weighted by molar-refractivity contribution is 5.85. The Morgan fingerprint density at radius 3 is 2.73 bits per heavy atom. The first-order valence-electron chi connectivity index (χ1n) is 9.45. The van der Waals surface area contributed by atoms with Gasteiger partial charge in [0.2, 0.25) is 0 Å². The molecule has 0 amide bonds. The molecule has 1 aliphatic rings. The molecular weight excluding hydrogens is 349 g/mol. The number of ether oxygens (including phenoxy) is 1. The molecule has 1 atom stereocenters. The first-order valence-corrected chi connectivity index (χ1v) is 9.45. The molecule has 0 heterocycles. The largest absolute Gasteiger partial charge is 0.493 e. The van der Waals surface area contributed by atoms with E-state index in [1.165, 1.54) is 30.0 Å². The van der Waals surface area contributed by atoms with Crippen molar-refractivity contribution in [3.8, 4) is 5.75 Å². The highest BCUT2D eigenvalue weighted by atomic mass is 35.5. The molecule has 2 nitrogen and oxygen atoms in total. The minimum Gasteiger partial charge on any atom is -0.493 e. The Kier molecular flexibility index (Phi) is 8.40. The van der Waals surface area contributed by atoms with Crippen molar-refractivity contribution in [2.24, 2.45) is 5.92 Å². The van der Waals surface area contributed by atoms with Crippen molar-refractivity contribution in [1.82, 2.24) is 5.32 Å². The fraction of sp³-hybridized carbons (Fsp3) is 0.455. The van der Waals surface area contributed by atoms with Crippen LogP contribution < -0.4 is 10.1 Å². The van der Waals surface area contributed by atoms with Crippen LogP contribution in [0.5, 0.6) is 5.75 Å². The molecule has 2 aromatic rings. The predicted molar refractivity (Wildman–Crippen MR) is 108 cm³/mol. The maximum absolute atomic E-state index is 13.5. The Balaban J connectivity index is 0.00000243. The lowest BCUT2D eigenvalue weighted by Crippen LogP contribution is -2.28. The van der Waals surface area contributed by atoms with Gasteiger partial charge in [0.15, 0.2) is 0 Å². The van der Waals surface area contributed by atoms with Gasteiger partial charge in [0.25, 0.3) is 0 Å². The molecule has 0 spiro atoms. The molecule has 0 bridgehead atoms. The lowest BCUT2D eigenvalue weighted by molar-refractivity contribution is 0.241. The van der Waals surface area contributed by atoms with Crippen molar-refractivity contribution in [2.75, 3.05) is 19.7 Å². The Labute approximate surface area is 162 Å². The Bertz CT molecular complexity index is 692. The first-order chi connectivity index (χ1) is 12.3. The van der Waals surface area contributed by atoms with E-state index in [1.807, 2.05) is 6.07 Å². The standard InChI is InChI=1S/C22H28FNO.ClH/c1-2-24-15-18(13-17-7-5-10-20(23)14-17)16-25-22-12-6-9-19-8-3-4-11-21(19)22;/h5-7,9-10,12,14,18,24H,2-4,8,11,13,15-16H2,1H3;1H. The fourth-order valence-electron chi connectivity index (χ4n) is 3.62. The van der Waals surface area contributed by atoms with Crippen molar-refractivity contribution in [3.63, 3.8) is 0 Å². The van der Waals surface area contributed by atoms with Crippen LogP contribution in [0.3, 0.4) is 0 Å². The van der Waals surface area contributed by atoms with E-state index in [1.54, 1.807) is 12.1 Å². The average Bonchev–Trinajstić information content (AvgIpc) is 2.64. The van der Waals surface area contributed by atoms with E-state index < -0.39 is 0 Å². The zero-order valence-corrected chi connectivity index (χ0v) is 16.3. The number of nitrogens with one attached hydrogen (secondary N) is 1. The molecule has 2 aromatic carbocycles. The lowest BCUT2D eigenvalue weighted by Gasteiger charge is -2.22. The summed E-state index contributed by atoms with van der Waals surface area (Å²) >= 11 is 0. The third kappa shape index (κ3) is 5.72. The van der Waals surface area contributed by atoms with Crippen molar-refractivity contribution in [2.45, 2.75) is 39.0 Å². The second-order valence-electron chi connectivity index (χ2n) is 6.92. The predicted octanol–water partition coefficient (Wildman–Crippen LogP) is 4.97. The highest BCUT2D eigenvalue weighted by Gasteiger charge is 2.16. The third-order valence-corrected chi connectivity index (χ3v) is 4.92. The van der Waals surface area contributed by atoms with Crippen LogP contribution in [-0.2, 0) is 19.3 Å². The Morgan fingerprint density at radius 2 is 1.92 bits per heavy atom. The van der Waals surface area contributed by atoms with Gasteiger partial charge in [-0.25, -0.2) is 4.39 Å². The summed E-state index contributed by atoms with van der Waals surface area (Å²) in [6.07, 6.45) is 5.63. The molecule has 1 aliphatic carbocycles. The molecule has 4 heteroatoms. The van der Waals surface area contributed by atoms with E-state index in [0.29, 0.717) is 12.5 Å². The Morgan fingerprint density at radius 1 is 1.12 bits per heavy atom. The monoisotopic (exact) mass is 377 g/mol. The van der Waals surface area contributed by atoms with Crippen molar-refractivity contribution < 1.29 is 9.13 Å². The fourth-order valence-corrected chi connectivity index (χ4v) is 3.62. The van der Waals surface area contributed by atoms with Crippen LogP contribution in [0.4, 0.5) is 4.39 Å². The van der Waals surface area contributed by atoms with Gasteiger partial charge in [-0.05, 0) is 73.5 Å². The van der Waals surface area contributed by atoms with Gasteiger partial charge >= 0.3 is 0 Å². The summed E-state index contributed by atoms with van der Waals surface area (Å²) in [5, 5.41) is 3.41. The van der Waals surface area contributed by atoms with Crippen LogP contribution in [0.2, 0.25) is 0 Å². The van der Waals surface area contributed by atoms with E-state index >= 15 is 0 Å². The molecule has 142 valence electrons. The number of fused-ring (bicyclic) bond motifs is 1. The zero-order chi connectivity index (χ0) is 17.5. The van der Waals surface area contributed by atoms with Crippen LogP contribution >= 0.6 is 12.4 Å². The van der Waals surface area contributed by atoms with Crippen LogP contribution in [-0.4, -0.2) is 19.7 Å². The summed E-state index contributed by atoms with van der Waals surface area (Å²) in [7, 11) is 0. The molecule has 1 unspecified atom stereocenters. The van der Waals surface area contributed by atoms with Gasteiger partial charge in [0.05, 0.1) is 6.61 Å². The molecule has 0 saturated carbocycles. The van der Waals surface area contributed by atoms with Gasteiger partial charge in [-0.2, -0.15) is 0 Å². The SMILES string of the molecule is CCNCC(COc1cccc2c1CCCC2)Cc1cccc(F)c1.Cl. The number of hydrogen-bond donors (Lipinski definition) is 1. The van der Waals surface area contributed by atoms with Gasteiger partial charge in [-0.1, -0.05) is 31.2 Å². The number of aryl methyl sites for hydroxylation is 1. The Hall–Kier alpha value is -1.58.